The molecule has 0 radical (unpaired) electrons. The summed E-state index contributed by atoms with van der Waals surface area (Å²) in [4.78, 5) is 3.58. The first kappa shape index (κ1) is 11.8. The van der Waals surface area contributed by atoms with Gasteiger partial charge in [-0.05, 0) is 0 Å². The maximum Gasteiger partial charge on any atom is 0.272 e. The number of halogens is 5. The van der Waals surface area contributed by atoms with Crippen LogP contribution in [0.1, 0.15) is 0 Å². The first-order valence-corrected chi connectivity index (χ1v) is 4.56. The number of hydrogen-bond donors (Lipinski definition) is 0. The van der Waals surface area contributed by atoms with Crippen LogP contribution in [0.15, 0.2) is 6.07 Å². The second-order valence-electron chi connectivity index (χ2n) is 2.25. The SMILES string of the molecule is FC(F)COc1cc(Cl)c(Cl)nc1Cl. The van der Waals surface area contributed by atoms with Crippen LogP contribution in [0.4, 0.5) is 8.78 Å². The van der Waals surface area contributed by atoms with E-state index in [0.29, 0.717) is 0 Å². The molecule has 0 aliphatic carbocycles. The minimum absolute atomic E-state index is 0.000985. The fourth-order valence-corrected chi connectivity index (χ4v) is 1.20. The van der Waals surface area contributed by atoms with Gasteiger partial charge in [-0.2, -0.15) is 0 Å². The van der Waals surface area contributed by atoms with E-state index in [1.165, 1.54) is 6.07 Å². The standard InChI is InChI=1S/C7H4Cl3F2NO/c8-3-1-4(14-2-5(11)12)7(10)13-6(3)9/h1,5H,2H2. The first-order valence-electron chi connectivity index (χ1n) is 3.43. The van der Waals surface area contributed by atoms with Gasteiger partial charge in [0, 0.05) is 6.07 Å². The second-order valence-corrected chi connectivity index (χ2v) is 3.38. The summed E-state index contributed by atoms with van der Waals surface area (Å²) in [5.41, 5.74) is 0. The molecule has 1 aromatic rings. The van der Waals surface area contributed by atoms with Crippen molar-refractivity contribution in [1.29, 1.82) is 0 Å². The van der Waals surface area contributed by atoms with E-state index in [9.17, 15) is 8.78 Å². The van der Waals surface area contributed by atoms with Crippen molar-refractivity contribution in [3.63, 3.8) is 0 Å². The number of pyridine rings is 1. The molecule has 0 saturated carbocycles. The Labute approximate surface area is 93.7 Å². The molecule has 0 unspecified atom stereocenters. The average Bonchev–Trinajstić information content (AvgIpc) is 2.09. The van der Waals surface area contributed by atoms with Gasteiger partial charge >= 0.3 is 0 Å². The van der Waals surface area contributed by atoms with Crippen LogP contribution in [0.25, 0.3) is 0 Å². The molecule has 0 spiro atoms. The lowest BCUT2D eigenvalue weighted by Gasteiger charge is -2.07. The van der Waals surface area contributed by atoms with E-state index in [1.807, 2.05) is 0 Å². The zero-order valence-corrected chi connectivity index (χ0v) is 8.87. The van der Waals surface area contributed by atoms with E-state index < -0.39 is 13.0 Å². The molecule has 0 amide bonds. The molecule has 2 nitrogen and oxygen atoms in total. The van der Waals surface area contributed by atoms with Crippen LogP contribution in [-0.2, 0) is 0 Å². The summed E-state index contributed by atoms with van der Waals surface area (Å²) in [5, 5.41) is 0.00134. The van der Waals surface area contributed by atoms with Crippen molar-refractivity contribution in [2.45, 2.75) is 6.43 Å². The third kappa shape index (κ3) is 3.12. The summed E-state index contributed by atoms with van der Waals surface area (Å²) in [6, 6.07) is 1.24. The Hall–Kier alpha value is -0.320. The van der Waals surface area contributed by atoms with Gasteiger partial charge in [-0.25, -0.2) is 13.8 Å². The summed E-state index contributed by atoms with van der Waals surface area (Å²) in [6.07, 6.45) is -2.58. The Morgan fingerprint density at radius 2 is 1.93 bits per heavy atom. The topological polar surface area (TPSA) is 22.1 Å². The van der Waals surface area contributed by atoms with Crippen LogP contribution in [0, 0.1) is 0 Å². The molecule has 0 aliphatic heterocycles. The third-order valence-corrected chi connectivity index (χ3v) is 2.16. The lowest BCUT2D eigenvalue weighted by atomic mass is 10.4. The number of aromatic nitrogens is 1. The fraction of sp³-hybridized carbons (Fsp3) is 0.286. The van der Waals surface area contributed by atoms with Crippen molar-refractivity contribution >= 4 is 34.8 Å². The molecule has 0 aromatic carbocycles. The Morgan fingerprint density at radius 1 is 1.29 bits per heavy atom. The highest BCUT2D eigenvalue weighted by molar-refractivity contribution is 6.42. The summed E-state index contributed by atoms with van der Waals surface area (Å²) < 4.78 is 28.2. The Morgan fingerprint density at radius 3 is 2.50 bits per heavy atom. The molecule has 78 valence electrons. The highest BCUT2D eigenvalue weighted by Gasteiger charge is 2.11. The number of ether oxygens (including phenoxy) is 1. The predicted octanol–water partition coefficient (Wildman–Crippen LogP) is 3.69. The van der Waals surface area contributed by atoms with E-state index in [1.54, 1.807) is 0 Å². The van der Waals surface area contributed by atoms with Gasteiger partial charge < -0.3 is 4.74 Å². The van der Waals surface area contributed by atoms with Gasteiger partial charge in [-0.3, -0.25) is 0 Å². The molecule has 0 bridgehead atoms. The molecule has 1 rings (SSSR count). The molecule has 0 saturated heterocycles. The van der Waals surface area contributed by atoms with E-state index in [4.69, 9.17) is 34.8 Å². The van der Waals surface area contributed by atoms with Crippen LogP contribution in [-0.4, -0.2) is 18.0 Å². The molecule has 1 heterocycles. The minimum atomic E-state index is -2.58. The largest absolute Gasteiger partial charge is 0.484 e. The van der Waals surface area contributed by atoms with E-state index in [-0.39, 0.29) is 21.1 Å². The maximum atomic E-state index is 11.8. The fourth-order valence-electron chi connectivity index (χ4n) is 0.683. The van der Waals surface area contributed by atoms with Crippen molar-refractivity contribution in [2.24, 2.45) is 0 Å². The van der Waals surface area contributed by atoms with Gasteiger partial charge in [-0.1, -0.05) is 34.8 Å². The second kappa shape index (κ2) is 4.96. The number of alkyl halides is 2. The van der Waals surface area contributed by atoms with Crippen LogP contribution in [0.5, 0.6) is 5.75 Å². The van der Waals surface area contributed by atoms with Crippen molar-refractivity contribution in [3.05, 3.63) is 21.4 Å². The normalized spacial score (nSPS) is 10.7. The molecule has 0 atom stereocenters. The average molecular weight is 262 g/mol. The van der Waals surface area contributed by atoms with Crippen molar-refractivity contribution in [1.82, 2.24) is 4.98 Å². The van der Waals surface area contributed by atoms with Crippen LogP contribution >= 0.6 is 34.8 Å². The van der Waals surface area contributed by atoms with E-state index in [2.05, 4.69) is 9.72 Å². The zero-order chi connectivity index (χ0) is 10.7. The lowest BCUT2D eigenvalue weighted by Crippen LogP contribution is -2.07. The highest BCUT2D eigenvalue weighted by Crippen LogP contribution is 2.30. The lowest BCUT2D eigenvalue weighted by molar-refractivity contribution is 0.0818. The van der Waals surface area contributed by atoms with E-state index >= 15 is 0 Å². The first-order chi connectivity index (χ1) is 6.50. The Bertz CT molecular complexity index is 335. The van der Waals surface area contributed by atoms with Gasteiger partial charge in [0.15, 0.2) is 10.9 Å². The van der Waals surface area contributed by atoms with Crippen molar-refractivity contribution < 1.29 is 13.5 Å². The Kier molecular flexibility index (Phi) is 4.16. The van der Waals surface area contributed by atoms with Crippen molar-refractivity contribution in [2.75, 3.05) is 6.61 Å². The third-order valence-electron chi connectivity index (χ3n) is 1.22. The summed E-state index contributed by atoms with van der Waals surface area (Å²) in [7, 11) is 0. The van der Waals surface area contributed by atoms with Gasteiger partial charge in [0.05, 0.1) is 5.02 Å². The predicted molar refractivity (Wildman–Crippen MR) is 50.8 cm³/mol. The number of rotatable bonds is 3. The monoisotopic (exact) mass is 261 g/mol. The minimum Gasteiger partial charge on any atom is -0.484 e. The number of nitrogens with zero attached hydrogens (tertiary/aromatic N) is 1. The highest BCUT2D eigenvalue weighted by atomic mass is 35.5. The maximum absolute atomic E-state index is 11.8. The molecule has 0 fully saturated rings. The molecule has 1 aromatic heterocycles. The van der Waals surface area contributed by atoms with E-state index in [0.717, 1.165) is 0 Å². The van der Waals surface area contributed by atoms with Crippen LogP contribution in [0.2, 0.25) is 15.3 Å². The Balaban J connectivity index is 2.82. The van der Waals surface area contributed by atoms with Gasteiger partial charge in [0.1, 0.15) is 11.8 Å². The quantitative estimate of drug-likeness (QED) is 0.775. The molecular formula is C7H4Cl3F2NO. The summed E-state index contributed by atoms with van der Waals surface area (Å²) in [5.74, 6) is -0.0126. The molecule has 7 heteroatoms. The number of hydrogen-bond acceptors (Lipinski definition) is 2. The smallest absolute Gasteiger partial charge is 0.272 e. The van der Waals surface area contributed by atoms with Gasteiger partial charge in [0.25, 0.3) is 6.43 Å². The molecular weight excluding hydrogens is 258 g/mol. The summed E-state index contributed by atoms with van der Waals surface area (Å²) in [6.45, 7) is -0.765. The van der Waals surface area contributed by atoms with Crippen molar-refractivity contribution in [3.8, 4) is 5.75 Å². The molecule has 0 aliphatic rings. The van der Waals surface area contributed by atoms with Gasteiger partial charge in [-0.15, -0.1) is 0 Å². The van der Waals surface area contributed by atoms with Crippen LogP contribution in [0.3, 0.4) is 0 Å². The molecule has 14 heavy (non-hydrogen) atoms. The summed E-state index contributed by atoms with van der Waals surface area (Å²) >= 11 is 16.7. The zero-order valence-electron chi connectivity index (χ0n) is 6.61. The van der Waals surface area contributed by atoms with Crippen LogP contribution < -0.4 is 4.74 Å². The van der Waals surface area contributed by atoms with Gasteiger partial charge in [0.2, 0.25) is 0 Å². The molecule has 0 N–H and O–H groups in total.